The maximum absolute atomic E-state index is 11.7. The number of hydrogen-bond donors (Lipinski definition) is 2. The maximum atomic E-state index is 11.7. The van der Waals surface area contributed by atoms with Gasteiger partial charge >= 0.3 is 0 Å². The van der Waals surface area contributed by atoms with Crippen molar-refractivity contribution in [3.8, 4) is 0 Å². The summed E-state index contributed by atoms with van der Waals surface area (Å²) in [6.07, 6.45) is 3.40. The molecule has 2 aromatic rings. The Hall–Kier alpha value is -1.95. The van der Waals surface area contributed by atoms with Gasteiger partial charge in [0.25, 0.3) is 0 Å². The fraction of sp³-hybridized carbons (Fsp3) is 0.333. The number of sulfone groups is 1. The lowest BCUT2D eigenvalue weighted by atomic mass is 9.91. The quantitative estimate of drug-likeness (QED) is 0.819. The lowest BCUT2D eigenvalue weighted by molar-refractivity contribution is 0.602. The number of hydrogen-bond acceptors (Lipinski definition) is 4. The number of nitrogens with one attached hydrogen (secondary N) is 1. The van der Waals surface area contributed by atoms with E-state index in [9.17, 15) is 8.42 Å². The Morgan fingerprint density at radius 2 is 1.65 bits per heavy atom. The van der Waals surface area contributed by atoms with E-state index in [0.717, 1.165) is 30.5 Å². The maximum Gasteiger partial charge on any atom is 0.175 e. The summed E-state index contributed by atoms with van der Waals surface area (Å²) in [6.45, 7) is 3.52. The number of nitrogens with two attached hydrogens (primary N) is 1. The monoisotopic (exact) mass is 370 g/mol. The van der Waals surface area contributed by atoms with Gasteiger partial charge in [-0.15, -0.1) is 0 Å². The molecule has 0 bridgehead atoms. The molecule has 0 amide bonds. The molecule has 0 radical (unpaired) electrons. The second-order valence-electron chi connectivity index (χ2n) is 6.81. The summed E-state index contributed by atoms with van der Waals surface area (Å²) in [5, 5.41) is 3.61. The molecule has 5 heteroatoms. The van der Waals surface area contributed by atoms with Crippen LogP contribution in [0.3, 0.4) is 0 Å². The molecular weight excluding hydrogens is 344 g/mol. The highest BCUT2D eigenvalue weighted by atomic mass is 32.2. The minimum absolute atomic E-state index is 0.313. The van der Waals surface area contributed by atoms with Crippen LogP contribution in [-0.4, -0.2) is 27.3 Å². The van der Waals surface area contributed by atoms with E-state index in [1.54, 1.807) is 12.1 Å². The van der Waals surface area contributed by atoms with Crippen molar-refractivity contribution in [1.29, 1.82) is 0 Å². The fourth-order valence-corrected chi connectivity index (χ4v) is 4.16. The van der Waals surface area contributed by atoms with Crippen LogP contribution in [0.25, 0.3) is 11.1 Å². The predicted octanol–water partition coefficient (Wildman–Crippen LogP) is 3.23. The summed E-state index contributed by atoms with van der Waals surface area (Å²) >= 11 is 0. The van der Waals surface area contributed by atoms with Crippen molar-refractivity contribution in [3.63, 3.8) is 0 Å². The molecular formula is C21H26N2O2S. The molecule has 3 N–H and O–H groups in total. The van der Waals surface area contributed by atoms with Crippen molar-refractivity contribution in [1.82, 2.24) is 5.32 Å². The Kier molecular flexibility index (Phi) is 5.61. The first kappa shape index (κ1) is 18.8. The summed E-state index contributed by atoms with van der Waals surface area (Å²) in [4.78, 5) is 0.353. The van der Waals surface area contributed by atoms with Crippen molar-refractivity contribution in [2.45, 2.75) is 37.2 Å². The Morgan fingerprint density at radius 3 is 2.19 bits per heavy atom. The molecule has 0 aromatic heterocycles. The van der Waals surface area contributed by atoms with Gasteiger partial charge in [0.05, 0.1) is 4.90 Å². The summed E-state index contributed by atoms with van der Waals surface area (Å²) in [5.41, 5.74) is 11.7. The van der Waals surface area contributed by atoms with Crippen LogP contribution in [-0.2, 0) is 16.4 Å². The van der Waals surface area contributed by atoms with E-state index >= 15 is 0 Å². The molecule has 1 unspecified atom stereocenters. The SMILES string of the molecule is CCCC1NCC(c2ccc(S(C)(=O)=O)cc2)=C1c1ccc(CN)cc1. The van der Waals surface area contributed by atoms with E-state index < -0.39 is 9.84 Å². The largest absolute Gasteiger partial charge is 0.326 e. The van der Waals surface area contributed by atoms with E-state index in [-0.39, 0.29) is 0 Å². The minimum Gasteiger partial charge on any atom is -0.326 e. The average Bonchev–Trinajstić information content (AvgIpc) is 3.05. The van der Waals surface area contributed by atoms with Crippen molar-refractivity contribution in [3.05, 3.63) is 65.2 Å². The molecule has 26 heavy (non-hydrogen) atoms. The molecule has 3 rings (SSSR count). The predicted molar refractivity (Wildman–Crippen MR) is 107 cm³/mol. The van der Waals surface area contributed by atoms with Gasteiger partial charge in [0.15, 0.2) is 9.84 Å². The first-order chi connectivity index (χ1) is 12.4. The molecule has 0 aliphatic carbocycles. The van der Waals surface area contributed by atoms with Crippen molar-refractivity contribution < 1.29 is 8.42 Å². The first-order valence-electron chi connectivity index (χ1n) is 9.00. The molecule has 4 nitrogen and oxygen atoms in total. The van der Waals surface area contributed by atoms with Crippen LogP contribution in [0.4, 0.5) is 0 Å². The van der Waals surface area contributed by atoms with Crippen LogP contribution in [0.1, 0.15) is 36.5 Å². The molecule has 0 saturated heterocycles. The van der Waals surface area contributed by atoms with Gasteiger partial charge < -0.3 is 11.1 Å². The van der Waals surface area contributed by atoms with Gasteiger partial charge in [-0.3, -0.25) is 0 Å². The third kappa shape index (κ3) is 3.90. The van der Waals surface area contributed by atoms with Crippen LogP contribution in [0.2, 0.25) is 0 Å². The van der Waals surface area contributed by atoms with Crippen LogP contribution >= 0.6 is 0 Å². The van der Waals surface area contributed by atoms with Gasteiger partial charge in [0.1, 0.15) is 0 Å². The second-order valence-corrected chi connectivity index (χ2v) is 8.83. The van der Waals surface area contributed by atoms with Gasteiger partial charge in [0.2, 0.25) is 0 Å². The normalized spacial score (nSPS) is 17.7. The Labute approximate surface area is 156 Å². The topological polar surface area (TPSA) is 72.2 Å². The summed E-state index contributed by atoms with van der Waals surface area (Å²) in [5.74, 6) is 0. The van der Waals surface area contributed by atoms with Crippen LogP contribution < -0.4 is 11.1 Å². The van der Waals surface area contributed by atoms with Gasteiger partial charge in [-0.25, -0.2) is 8.42 Å². The number of benzene rings is 2. The van der Waals surface area contributed by atoms with E-state index in [4.69, 9.17) is 5.73 Å². The first-order valence-corrected chi connectivity index (χ1v) is 10.9. The van der Waals surface area contributed by atoms with Gasteiger partial charge in [0, 0.05) is 25.4 Å². The fourth-order valence-electron chi connectivity index (χ4n) is 3.52. The Morgan fingerprint density at radius 1 is 1.04 bits per heavy atom. The van der Waals surface area contributed by atoms with Gasteiger partial charge in [-0.1, -0.05) is 49.7 Å². The van der Waals surface area contributed by atoms with Crippen molar-refractivity contribution in [2.75, 3.05) is 12.8 Å². The third-order valence-corrected chi connectivity index (χ3v) is 6.04. The van der Waals surface area contributed by atoms with Gasteiger partial charge in [-0.2, -0.15) is 0 Å². The summed E-state index contributed by atoms with van der Waals surface area (Å²) < 4.78 is 23.4. The molecule has 138 valence electrons. The summed E-state index contributed by atoms with van der Waals surface area (Å²) in [7, 11) is -3.18. The summed E-state index contributed by atoms with van der Waals surface area (Å²) in [6, 6.07) is 16.0. The molecule has 1 aliphatic heterocycles. The zero-order valence-corrected chi connectivity index (χ0v) is 16.1. The molecule has 0 saturated carbocycles. The zero-order chi connectivity index (χ0) is 18.7. The second kappa shape index (κ2) is 7.74. The number of rotatable bonds is 6. The van der Waals surface area contributed by atoms with Crippen molar-refractivity contribution in [2.24, 2.45) is 5.73 Å². The minimum atomic E-state index is -3.18. The van der Waals surface area contributed by atoms with Crippen molar-refractivity contribution >= 4 is 21.0 Å². The molecule has 0 fully saturated rings. The zero-order valence-electron chi connectivity index (χ0n) is 15.3. The highest BCUT2D eigenvalue weighted by molar-refractivity contribution is 7.90. The van der Waals surface area contributed by atoms with Crippen LogP contribution in [0.15, 0.2) is 53.4 Å². The molecule has 0 spiro atoms. The van der Waals surface area contributed by atoms with E-state index in [1.165, 1.54) is 23.0 Å². The van der Waals surface area contributed by atoms with E-state index in [2.05, 4.69) is 36.5 Å². The van der Waals surface area contributed by atoms with Crippen LogP contribution in [0, 0.1) is 0 Å². The van der Waals surface area contributed by atoms with E-state index in [1.807, 2.05) is 12.1 Å². The Balaban J connectivity index is 2.05. The standard InChI is InChI=1S/C21H26N2O2S/c1-3-4-20-21(17-7-5-15(13-22)6-8-17)19(14-23-20)16-9-11-18(12-10-16)26(2,24)25/h5-12,20,23H,3-4,13-14,22H2,1-2H3. The molecule has 2 aromatic carbocycles. The highest BCUT2D eigenvalue weighted by Crippen LogP contribution is 2.35. The highest BCUT2D eigenvalue weighted by Gasteiger charge is 2.26. The van der Waals surface area contributed by atoms with E-state index in [0.29, 0.717) is 17.5 Å². The van der Waals surface area contributed by atoms with Gasteiger partial charge in [-0.05, 0) is 46.4 Å². The lowest BCUT2D eigenvalue weighted by Crippen LogP contribution is -2.24. The van der Waals surface area contributed by atoms with Crippen LogP contribution in [0.5, 0.6) is 0 Å². The average molecular weight is 371 g/mol. The molecule has 1 heterocycles. The third-order valence-electron chi connectivity index (χ3n) is 4.91. The molecule has 1 aliphatic rings. The Bertz CT molecular complexity index is 898. The molecule has 1 atom stereocenters. The lowest BCUT2D eigenvalue weighted by Gasteiger charge is -2.16. The smallest absolute Gasteiger partial charge is 0.175 e.